The molecule has 1 saturated carbocycles. The standard InChI is InChI=1S/C11H17N3OS/c1-6-13-14-10(16-6)12-8-7-4-5-15-9(7)11(8,2)3/h7-9H,4-5H2,1-3H3,(H,12,14)/t7-,8-,9-/m1/s1. The molecular formula is C11H17N3OS. The van der Waals surface area contributed by atoms with Crippen molar-refractivity contribution in [2.45, 2.75) is 39.3 Å². The summed E-state index contributed by atoms with van der Waals surface area (Å²) < 4.78 is 5.77. The molecule has 88 valence electrons. The molecule has 0 bridgehead atoms. The number of aromatic nitrogens is 2. The third-order valence-corrected chi connectivity index (χ3v) is 4.68. The zero-order valence-corrected chi connectivity index (χ0v) is 10.7. The van der Waals surface area contributed by atoms with Crippen LogP contribution in [-0.2, 0) is 4.74 Å². The van der Waals surface area contributed by atoms with Gasteiger partial charge in [0.15, 0.2) is 0 Å². The Kier molecular flexibility index (Phi) is 2.23. The fraction of sp³-hybridized carbons (Fsp3) is 0.818. The summed E-state index contributed by atoms with van der Waals surface area (Å²) in [7, 11) is 0. The second-order valence-corrected chi connectivity index (χ2v) is 6.50. The predicted octanol–water partition coefficient (Wildman–Crippen LogP) is 2.07. The van der Waals surface area contributed by atoms with Gasteiger partial charge in [0.2, 0.25) is 5.13 Å². The van der Waals surface area contributed by atoms with Gasteiger partial charge in [-0.3, -0.25) is 0 Å². The number of aryl methyl sites for hydroxylation is 1. The van der Waals surface area contributed by atoms with Crippen LogP contribution in [0.15, 0.2) is 0 Å². The second kappa shape index (κ2) is 3.40. The lowest BCUT2D eigenvalue weighted by atomic mass is 9.57. The van der Waals surface area contributed by atoms with Crippen LogP contribution in [0.4, 0.5) is 5.13 Å². The van der Waals surface area contributed by atoms with E-state index in [-0.39, 0.29) is 5.41 Å². The zero-order valence-electron chi connectivity index (χ0n) is 9.86. The summed E-state index contributed by atoms with van der Waals surface area (Å²) in [6.45, 7) is 7.43. The average Bonchev–Trinajstić information content (AvgIpc) is 2.81. The van der Waals surface area contributed by atoms with Crippen molar-refractivity contribution in [1.29, 1.82) is 0 Å². The lowest BCUT2D eigenvalue weighted by Crippen LogP contribution is -2.63. The van der Waals surface area contributed by atoms with Gasteiger partial charge in [0.1, 0.15) is 5.01 Å². The average molecular weight is 239 g/mol. The summed E-state index contributed by atoms with van der Waals surface area (Å²) in [5.74, 6) is 0.652. The molecule has 1 N–H and O–H groups in total. The van der Waals surface area contributed by atoms with Crippen LogP contribution in [0.5, 0.6) is 0 Å². The first-order chi connectivity index (χ1) is 7.59. The highest BCUT2D eigenvalue weighted by Gasteiger charge is 2.59. The molecule has 4 nitrogen and oxygen atoms in total. The first kappa shape index (κ1) is 10.5. The van der Waals surface area contributed by atoms with Gasteiger partial charge in [-0.05, 0) is 13.3 Å². The highest BCUT2D eigenvalue weighted by Crippen LogP contribution is 2.53. The van der Waals surface area contributed by atoms with Gasteiger partial charge in [-0.1, -0.05) is 25.2 Å². The van der Waals surface area contributed by atoms with Crippen LogP contribution in [0.2, 0.25) is 0 Å². The second-order valence-electron chi connectivity index (χ2n) is 5.31. The van der Waals surface area contributed by atoms with Gasteiger partial charge in [0, 0.05) is 24.0 Å². The Morgan fingerprint density at radius 2 is 2.25 bits per heavy atom. The maximum atomic E-state index is 5.77. The molecule has 1 saturated heterocycles. The highest BCUT2D eigenvalue weighted by atomic mass is 32.1. The number of anilines is 1. The minimum absolute atomic E-state index is 0.209. The topological polar surface area (TPSA) is 47.0 Å². The van der Waals surface area contributed by atoms with E-state index in [2.05, 4.69) is 29.4 Å². The summed E-state index contributed by atoms with van der Waals surface area (Å²) in [6.07, 6.45) is 1.60. The quantitative estimate of drug-likeness (QED) is 0.858. The van der Waals surface area contributed by atoms with Crippen LogP contribution in [-0.4, -0.2) is 29.0 Å². The van der Waals surface area contributed by atoms with E-state index >= 15 is 0 Å². The van der Waals surface area contributed by atoms with Gasteiger partial charge in [0.05, 0.1) is 6.10 Å². The number of fused-ring (bicyclic) bond motifs is 1. The Morgan fingerprint density at radius 1 is 1.44 bits per heavy atom. The van der Waals surface area contributed by atoms with Crippen molar-refractivity contribution >= 4 is 16.5 Å². The van der Waals surface area contributed by atoms with E-state index in [4.69, 9.17) is 4.74 Å². The van der Waals surface area contributed by atoms with Gasteiger partial charge in [-0.15, -0.1) is 10.2 Å². The van der Waals surface area contributed by atoms with Crippen LogP contribution in [0.1, 0.15) is 25.3 Å². The largest absolute Gasteiger partial charge is 0.377 e. The van der Waals surface area contributed by atoms with Crippen molar-refractivity contribution in [2.24, 2.45) is 11.3 Å². The number of nitrogens with one attached hydrogen (secondary N) is 1. The van der Waals surface area contributed by atoms with E-state index in [1.165, 1.54) is 6.42 Å². The molecule has 0 amide bonds. The van der Waals surface area contributed by atoms with Crippen molar-refractivity contribution < 1.29 is 4.74 Å². The smallest absolute Gasteiger partial charge is 0.205 e. The maximum absolute atomic E-state index is 5.77. The summed E-state index contributed by atoms with van der Waals surface area (Å²) in [4.78, 5) is 0. The number of nitrogens with zero attached hydrogens (tertiary/aromatic N) is 2. The number of rotatable bonds is 2. The minimum atomic E-state index is 0.209. The third kappa shape index (κ3) is 1.38. The molecule has 3 rings (SSSR count). The molecule has 1 aromatic heterocycles. The zero-order chi connectivity index (χ0) is 11.3. The van der Waals surface area contributed by atoms with Gasteiger partial charge in [0.25, 0.3) is 0 Å². The molecule has 16 heavy (non-hydrogen) atoms. The van der Waals surface area contributed by atoms with E-state index in [9.17, 15) is 0 Å². The van der Waals surface area contributed by atoms with Gasteiger partial charge in [-0.25, -0.2) is 0 Å². The van der Waals surface area contributed by atoms with E-state index in [0.29, 0.717) is 18.1 Å². The van der Waals surface area contributed by atoms with Gasteiger partial charge >= 0.3 is 0 Å². The molecular weight excluding hydrogens is 222 g/mol. The van der Waals surface area contributed by atoms with E-state index in [1.54, 1.807) is 11.3 Å². The van der Waals surface area contributed by atoms with Crippen LogP contribution in [0.3, 0.4) is 0 Å². The predicted molar refractivity (Wildman–Crippen MR) is 63.7 cm³/mol. The van der Waals surface area contributed by atoms with E-state index in [1.807, 2.05) is 6.92 Å². The molecule has 3 atom stereocenters. The molecule has 1 aromatic rings. The van der Waals surface area contributed by atoms with Crippen LogP contribution in [0.25, 0.3) is 0 Å². The number of ether oxygens (including phenoxy) is 1. The van der Waals surface area contributed by atoms with Crippen molar-refractivity contribution in [1.82, 2.24) is 10.2 Å². The summed E-state index contributed by atoms with van der Waals surface area (Å²) in [5.41, 5.74) is 0.209. The molecule has 2 aliphatic rings. The first-order valence-electron chi connectivity index (χ1n) is 5.77. The lowest BCUT2D eigenvalue weighted by Gasteiger charge is -2.54. The molecule has 2 fully saturated rings. The third-order valence-electron chi connectivity index (χ3n) is 3.91. The SMILES string of the molecule is Cc1nnc(N[C@@H]2[C@H]3CCO[C@H]3C2(C)C)s1. The molecule has 0 unspecified atom stereocenters. The van der Waals surface area contributed by atoms with Crippen molar-refractivity contribution in [3.63, 3.8) is 0 Å². The minimum Gasteiger partial charge on any atom is -0.377 e. The Labute approximate surface area is 99.4 Å². The van der Waals surface area contributed by atoms with Gasteiger partial charge < -0.3 is 10.1 Å². The highest BCUT2D eigenvalue weighted by molar-refractivity contribution is 7.15. The molecule has 5 heteroatoms. The fourth-order valence-corrected chi connectivity index (χ4v) is 3.73. The van der Waals surface area contributed by atoms with E-state index < -0.39 is 0 Å². The molecule has 0 radical (unpaired) electrons. The summed E-state index contributed by atoms with van der Waals surface area (Å²) in [5, 5.41) is 13.7. The summed E-state index contributed by atoms with van der Waals surface area (Å²) >= 11 is 1.63. The van der Waals surface area contributed by atoms with Crippen molar-refractivity contribution in [2.75, 3.05) is 11.9 Å². The Morgan fingerprint density at radius 3 is 2.94 bits per heavy atom. The monoisotopic (exact) mass is 239 g/mol. The normalized spacial score (nSPS) is 35.6. The van der Waals surface area contributed by atoms with Crippen molar-refractivity contribution in [3.8, 4) is 0 Å². The molecule has 1 aliphatic heterocycles. The lowest BCUT2D eigenvalue weighted by molar-refractivity contribution is -0.0923. The maximum Gasteiger partial charge on any atom is 0.205 e. The number of hydrogen-bond donors (Lipinski definition) is 1. The Hall–Kier alpha value is -0.680. The molecule has 2 heterocycles. The van der Waals surface area contributed by atoms with Crippen LogP contribution < -0.4 is 5.32 Å². The fourth-order valence-electron chi connectivity index (χ4n) is 3.11. The summed E-state index contributed by atoms with van der Waals surface area (Å²) in [6, 6.07) is 0.479. The first-order valence-corrected chi connectivity index (χ1v) is 6.59. The van der Waals surface area contributed by atoms with Crippen LogP contribution >= 0.6 is 11.3 Å². The van der Waals surface area contributed by atoms with E-state index in [0.717, 1.165) is 16.7 Å². The molecule has 1 aliphatic carbocycles. The van der Waals surface area contributed by atoms with Crippen molar-refractivity contribution in [3.05, 3.63) is 5.01 Å². The Balaban J connectivity index is 1.75. The number of hydrogen-bond acceptors (Lipinski definition) is 5. The Bertz CT molecular complexity index is 404. The van der Waals surface area contributed by atoms with Crippen LogP contribution in [0, 0.1) is 18.3 Å². The van der Waals surface area contributed by atoms with Gasteiger partial charge in [-0.2, -0.15) is 0 Å². The molecule has 0 aromatic carbocycles. The molecule has 0 spiro atoms.